The molecule has 3 N–H and O–H groups in total. The maximum Gasteiger partial charge on any atom is 0.573 e. The molecule has 1 aliphatic carbocycles. The largest absolute Gasteiger partial charge is 0.573 e. The summed E-state index contributed by atoms with van der Waals surface area (Å²) in [7, 11) is 0. The zero-order valence-corrected chi connectivity index (χ0v) is 18.2. The fourth-order valence-corrected chi connectivity index (χ4v) is 4.05. The third-order valence-electron chi connectivity index (χ3n) is 5.64. The number of halogens is 4. The standard InChI is InChI=1S/C21H28F4N4O4/c1-2-26-19(31)28-10-13(12-30)7-16(11-28)29(15-4-5-15)20(32)27-9-14-3-6-17(8-18(14)22)33-21(23,24)25/h3,6,8,13,15-16,30H,2,4-5,7,9-12H2,1H3,(H,26,31)(H,27,32). The molecule has 1 saturated carbocycles. The number of aliphatic hydroxyl groups excluding tert-OH is 1. The van der Waals surface area contributed by atoms with Gasteiger partial charge in [0.15, 0.2) is 0 Å². The van der Waals surface area contributed by atoms with E-state index in [1.54, 1.807) is 16.7 Å². The highest BCUT2D eigenvalue weighted by Gasteiger charge is 2.41. The molecular formula is C21H28F4N4O4. The normalized spacial score (nSPS) is 20.8. The first-order valence-electron chi connectivity index (χ1n) is 10.8. The fourth-order valence-electron chi connectivity index (χ4n) is 4.05. The minimum absolute atomic E-state index is 0.00875. The van der Waals surface area contributed by atoms with E-state index in [9.17, 15) is 32.3 Å². The van der Waals surface area contributed by atoms with Crippen molar-refractivity contribution in [3.05, 3.63) is 29.6 Å². The number of likely N-dealkylation sites (tertiary alicyclic amines) is 1. The van der Waals surface area contributed by atoms with Crippen LogP contribution < -0.4 is 15.4 Å². The predicted octanol–water partition coefficient (Wildman–Crippen LogP) is 2.81. The Kier molecular flexibility index (Phi) is 7.88. The zero-order valence-electron chi connectivity index (χ0n) is 18.2. The number of nitrogens with zero attached hydrogens (tertiary/aromatic N) is 2. The lowest BCUT2D eigenvalue weighted by Crippen LogP contribution is -2.58. The number of benzene rings is 1. The zero-order chi connectivity index (χ0) is 24.2. The minimum Gasteiger partial charge on any atom is -0.406 e. The van der Waals surface area contributed by atoms with E-state index in [1.165, 1.54) is 0 Å². The summed E-state index contributed by atoms with van der Waals surface area (Å²) in [6.07, 6.45) is -2.81. The van der Waals surface area contributed by atoms with Crippen LogP contribution in [0, 0.1) is 11.7 Å². The summed E-state index contributed by atoms with van der Waals surface area (Å²) >= 11 is 0. The average molecular weight is 476 g/mol. The highest BCUT2D eigenvalue weighted by Crippen LogP contribution is 2.33. The number of amides is 4. The van der Waals surface area contributed by atoms with E-state index < -0.39 is 24.0 Å². The molecule has 0 spiro atoms. The molecule has 12 heteroatoms. The fraction of sp³-hybridized carbons (Fsp3) is 0.619. The number of ether oxygens (including phenoxy) is 1. The van der Waals surface area contributed by atoms with Crippen molar-refractivity contribution >= 4 is 12.1 Å². The molecule has 2 aliphatic rings. The number of piperidine rings is 1. The van der Waals surface area contributed by atoms with Gasteiger partial charge in [-0.25, -0.2) is 14.0 Å². The van der Waals surface area contributed by atoms with Crippen LogP contribution in [0.15, 0.2) is 18.2 Å². The van der Waals surface area contributed by atoms with E-state index >= 15 is 0 Å². The molecule has 3 rings (SSSR count). The van der Waals surface area contributed by atoms with Gasteiger partial charge in [-0.1, -0.05) is 6.07 Å². The third-order valence-corrected chi connectivity index (χ3v) is 5.64. The maximum atomic E-state index is 14.2. The van der Waals surface area contributed by atoms with Gasteiger partial charge in [-0.3, -0.25) is 0 Å². The van der Waals surface area contributed by atoms with Crippen molar-refractivity contribution in [2.45, 2.75) is 51.2 Å². The van der Waals surface area contributed by atoms with Crippen molar-refractivity contribution in [2.75, 3.05) is 26.2 Å². The van der Waals surface area contributed by atoms with Crippen LogP contribution in [-0.4, -0.2) is 71.7 Å². The molecule has 1 saturated heterocycles. The molecule has 1 heterocycles. The summed E-state index contributed by atoms with van der Waals surface area (Å²) in [6, 6.07) is 1.66. The van der Waals surface area contributed by atoms with Gasteiger partial charge in [0.2, 0.25) is 0 Å². The molecule has 0 radical (unpaired) electrons. The molecule has 2 atom stereocenters. The Labute approximate surface area is 188 Å². The smallest absolute Gasteiger partial charge is 0.406 e. The van der Waals surface area contributed by atoms with Crippen LogP contribution in [0.5, 0.6) is 5.75 Å². The second-order valence-corrected chi connectivity index (χ2v) is 8.28. The first-order chi connectivity index (χ1) is 15.6. The molecule has 0 aromatic heterocycles. The topological polar surface area (TPSA) is 94.1 Å². The minimum atomic E-state index is -4.93. The van der Waals surface area contributed by atoms with E-state index in [0.29, 0.717) is 32.1 Å². The molecule has 4 amide bonds. The van der Waals surface area contributed by atoms with Gasteiger partial charge in [0.25, 0.3) is 0 Å². The summed E-state index contributed by atoms with van der Waals surface area (Å²) < 4.78 is 54.8. The van der Waals surface area contributed by atoms with Gasteiger partial charge in [-0.2, -0.15) is 0 Å². The number of nitrogens with one attached hydrogen (secondary N) is 2. The highest BCUT2D eigenvalue weighted by molar-refractivity contribution is 5.76. The number of aliphatic hydroxyl groups is 1. The molecule has 0 bridgehead atoms. The van der Waals surface area contributed by atoms with Crippen molar-refractivity contribution < 1.29 is 37.0 Å². The van der Waals surface area contributed by atoms with Crippen LogP contribution in [0.25, 0.3) is 0 Å². The van der Waals surface area contributed by atoms with Gasteiger partial charge in [-0.15, -0.1) is 13.2 Å². The van der Waals surface area contributed by atoms with E-state index in [0.717, 1.165) is 25.0 Å². The lowest BCUT2D eigenvalue weighted by molar-refractivity contribution is -0.274. The van der Waals surface area contributed by atoms with Gasteiger partial charge in [0, 0.05) is 56.4 Å². The third kappa shape index (κ3) is 6.86. The monoisotopic (exact) mass is 476 g/mol. The number of urea groups is 2. The number of carbonyl (C=O) groups is 2. The number of carbonyl (C=O) groups excluding carboxylic acids is 2. The lowest BCUT2D eigenvalue weighted by atomic mass is 9.94. The van der Waals surface area contributed by atoms with E-state index in [1.807, 2.05) is 0 Å². The SMILES string of the molecule is CCNC(=O)N1CC(CO)CC(N(C(=O)NCc2ccc(OC(F)(F)F)cc2F)C2CC2)C1. The Morgan fingerprint density at radius 2 is 1.94 bits per heavy atom. The Balaban J connectivity index is 1.66. The molecule has 2 fully saturated rings. The second-order valence-electron chi connectivity index (χ2n) is 8.28. The van der Waals surface area contributed by atoms with Crippen molar-refractivity contribution in [2.24, 2.45) is 5.92 Å². The van der Waals surface area contributed by atoms with Crippen LogP contribution in [0.2, 0.25) is 0 Å². The number of hydrogen-bond donors (Lipinski definition) is 3. The summed E-state index contributed by atoms with van der Waals surface area (Å²) in [4.78, 5) is 28.6. The maximum absolute atomic E-state index is 14.2. The molecule has 2 unspecified atom stereocenters. The van der Waals surface area contributed by atoms with E-state index in [2.05, 4.69) is 15.4 Å². The highest BCUT2D eigenvalue weighted by atomic mass is 19.4. The van der Waals surface area contributed by atoms with Crippen LogP contribution in [0.3, 0.4) is 0 Å². The van der Waals surface area contributed by atoms with Crippen molar-refractivity contribution in [1.82, 2.24) is 20.4 Å². The first kappa shape index (κ1) is 24.9. The number of alkyl halides is 3. The van der Waals surface area contributed by atoms with Crippen molar-refractivity contribution in [3.63, 3.8) is 0 Å². The van der Waals surface area contributed by atoms with Crippen LogP contribution >= 0.6 is 0 Å². The molecule has 33 heavy (non-hydrogen) atoms. The quantitative estimate of drug-likeness (QED) is 0.528. The Morgan fingerprint density at radius 3 is 2.52 bits per heavy atom. The van der Waals surface area contributed by atoms with Crippen molar-refractivity contribution in [1.29, 1.82) is 0 Å². The average Bonchev–Trinajstić information content (AvgIpc) is 3.57. The van der Waals surface area contributed by atoms with Gasteiger partial charge in [0.1, 0.15) is 11.6 Å². The van der Waals surface area contributed by atoms with Crippen molar-refractivity contribution in [3.8, 4) is 5.75 Å². The van der Waals surface area contributed by atoms with E-state index in [4.69, 9.17) is 0 Å². The van der Waals surface area contributed by atoms with Crippen LogP contribution in [0.1, 0.15) is 31.7 Å². The molecule has 1 aliphatic heterocycles. The van der Waals surface area contributed by atoms with Gasteiger partial charge in [0.05, 0.1) is 6.04 Å². The number of rotatable bonds is 7. The summed E-state index contributed by atoms with van der Waals surface area (Å²) in [5.41, 5.74) is 0.00875. The summed E-state index contributed by atoms with van der Waals surface area (Å²) in [5.74, 6) is -1.80. The lowest BCUT2D eigenvalue weighted by Gasteiger charge is -2.42. The van der Waals surface area contributed by atoms with Gasteiger partial charge in [-0.05, 0) is 32.3 Å². The molecule has 8 nitrogen and oxygen atoms in total. The van der Waals surface area contributed by atoms with Crippen LogP contribution in [0.4, 0.5) is 27.2 Å². The second kappa shape index (κ2) is 10.4. The number of hydrogen-bond acceptors (Lipinski definition) is 4. The van der Waals surface area contributed by atoms with E-state index in [-0.39, 0.29) is 42.7 Å². The van der Waals surface area contributed by atoms with Gasteiger partial charge >= 0.3 is 18.4 Å². The molecular weight excluding hydrogens is 448 g/mol. The summed E-state index contributed by atoms with van der Waals surface area (Å²) in [5, 5.41) is 15.0. The Hall–Kier alpha value is -2.76. The van der Waals surface area contributed by atoms with Gasteiger partial charge < -0.3 is 30.3 Å². The first-order valence-corrected chi connectivity index (χ1v) is 10.8. The Morgan fingerprint density at radius 1 is 1.21 bits per heavy atom. The Bertz CT molecular complexity index is 850. The predicted molar refractivity (Wildman–Crippen MR) is 110 cm³/mol. The summed E-state index contributed by atoms with van der Waals surface area (Å²) in [6.45, 7) is 2.60. The molecule has 1 aromatic carbocycles. The molecule has 184 valence electrons. The van der Waals surface area contributed by atoms with Crippen LogP contribution in [-0.2, 0) is 6.54 Å². The molecule has 1 aromatic rings.